The Hall–Kier alpha value is -1.97. The van der Waals surface area contributed by atoms with Crippen LogP contribution in [0.1, 0.15) is 12.0 Å². The molecule has 4 nitrogen and oxygen atoms in total. The first kappa shape index (κ1) is 8.35. The molecular formula is C11H12N4. The molecule has 15 heavy (non-hydrogen) atoms. The van der Waals surface area contributed by atoms with Crippen LogP contribution in [-0.2, 0) is 0 Å². The second-order valence-electron chi connectivity index (χ2n) is 3.73. The quantitative estimate of drug-likeness (QED) is 0.658. The van der Waals surface area contributed by atoms with Gasteiger partial charge in [-0.05, 0) is 17.7 Å². The topological polar surface area (TPSA) is 53.6 Å². The Labute approximate surface area is 88.1 Å². The van der Waals surface area contributed by atoms with Gasteiger partial charge in [-0.1, -0.05) is 18.2 Å². The molecule has 0 bridgehead atoms. The first-order valence-electron chi connectivity index (χ1n) is 4.96. The standard InChI is InChI=1S/C11H12N4/c12-9-5-8-3-1-2-4-10(8)15-7-13-14-11(15)6-9/h1-5,13H,6-7,12H2. The highest BCUT2D eigenvalue weighted by molar-refractivity contribution is 6.03. The summed E-state index contributed by atoms with van der Waals surface area (Å²) in [6.45, 7) is 0.730. The van der Waals surface area contributed by atoms with Crippen molar-refractivity contribution in [3.8, 4) is 0 Å². The van der Waals surface area contributed by atoms with Crippen molar-refractivity contribution in [3.05, 3.63) is 35.5 Å². The van der Waals surface area contributed by atoms with Crippen LogP contribution in [0.15, 0.2) is 35.1 Å². The second kappa shape index (κ2) is 3.02. The molecule has 0 unspecified atom stereocenters. The third kappa shape index (κ3) is 1.26. The minimum Gasteiger partial charge on any atom is -0.402 e. The number of nitrogens with zero attached hydrogens (tertiary/aromatic N) is 2. The molecule has 0 spiro atoms. The number of hydrogen-bond acceptors (Lipinski definition) is 4. The number of benzene rings is 1. The summed E-state index contributed by atoms with van der Waals surface area (Å²) in [6.07, 6.45) is 2.73. The van der Waals surface area contributed by atoms with E-state index in [1.807, 2.05) is 18.2 Å². The summed E-state index contributed by atoms with van der Waals surface area (Å²) in [5.41, 5.74) is 12.1. The summed E-state index contributed by atoms with van der Waals surface area (Å²) < 4.78 is 0. The highest BCUT2D eigenvalue weighted by Gasteiger charge is 2.23. The lowest BCUT2D eigenvalue weighted by atomic mass is 10.1. The molecule has 0 aliphatic carbocycles. The Morgan fingerprint density at radius 2 is 2.20 bits per heavy atom. The molecule has 0 atom stereocenters. The number of para-hydroxylation sites is 1. The van der Waals surface area contributed by atoms with E-state index in [0.29, 0.717) is 6.42 Å². The fourth-order valence-corrected chi connectivity index (χ4v) is 2.00. The maximum absolute atomic E-state index is 5.93. The molecule has 3 N–H and O–H groups in total. The van der Waals surface area contributed by atoms with E-state index in [-0.39, 0.29) is 0 Å². The average molecular weight is 200 g/mol. The Morgan fingerprint density at radius 3 is 3.13 bits per heavy atom. The first-order chi connectivity index (χ1) is 7.34. The molecule has 0 aromatic heterocycles. The molecule has 1 aromatic rings. The van der Waals surface area contributed by atoms with Gasteiger partial charge in [-0.25, -0.2) is 0 Å². The molecule has 0 amide bonds. The van der Waals surface area contributed by atoms with E-state index in [0.717, 1.165) is 23.8 Å². The van der Waals surface area contributed by atoms with Crippen LogP contribution in [0, 0.1) is 0 Å². The summed E-state index contributed by atoms with van der Waals surface area (Å²) in [5.74, 6) is 0.994. The molecule has 0 fully saturated rings. The molecule has 2 aliphatic rings. The van der Waals surface area contributed by atoms with Crippen LogP contribution >= 0.6 is 0 Å². The second-order valence-corrected chi connectivity index (χ2v) is 3.73. The van der Waals surface area contributed by atoms with Crippen molar-refractivity contribution < 1.29 is 0 Å². The largest absolute Gasteiger partial charge is 0.402 e. The fourth-order valence-electron chi connectivity index (χ4n) is 2.00. The van der Waals surface area contributed by atoms with Gasteiger partial charge in [0.15, 0.2) is 0 Å². The van der Waals surface area contributed by atoms with Crippen LogP contribution in [0.5, 0.6) is 0 Å². The van der Waals surface area contributed by atoms with Gasteiger partial charge in [0.05, 0.1) is 5.69 Å². The van der Waals surface area contributed by atoms with Gasteiger partial charge >= 0.3 is 0 Å². The zero-order valence-corrected chi connectivity index (χ0v) is 8.27. The van der Waals surface area contributed by atoms with E-state index < -0.39 is 0 Å². The third-order valence-corrected chi connectivity index (χ3v) is 2.68. The van der Waals surface area contributed by atoms with Crippen LogP contribution in [0.25, 0.3) is 6.08 Å². The van der Waals surface area contributed by atoms with Crippen molar-refractivity contribution in [1.29, 1.82) is 0 Å². The van der Waals surface area contributed by atoms with E-state index in [9.17, 15) is 0 Å². The van der Waals surface area contributed by atoms with Gasteiger partial charge in [-0.3, -0.25) is 5.43 Å². The van der Waals surface area contributed by atoms with Gasteiger partial charge in [-0.2, -0.15) is 5.10 Å². The Bertz CT molecular complexity index is 461. The van der Waals surface area contributed by atoms with E-state index in [2.05, 4.69) is 27.6 Å². The van der Waals surface area contributed by atoms with Crippen LogP contribution in [0.2, 0.25) is 0 Å². The molecule has 1 aromatic carbocycles. The predicted octanol–water partition coefficient (Wildman–Crippen LogP) is 1.07. The summed E-state index contributed by atoms with van der Waals surface area (Å²) in [6, 6.07) is 8.22. The summed E-state index contributed by atoms with van der Waals surface area (Å²) in [7, 11) is 0. The summed E-state index contributed by atoms with van der Waals surface area (Å²) in [5, 5.41) is 4.24. The molecule has 0 saturated carbocycles. The van der Waals surface area contributed by atoms with Gasteiger partial charge in [0.25, 0.3) is 0 Å². The molecule has 2 aliphatic heterocycles. The Kier molecular flexibility index (Phi) is 1.68. The number of fused-ring (bicyclic) bond motifs is 3. The third-order valence-electron chi connectivity index (χ3n) is 2.68. The van der Waals surface area contributed by atoms with Crippen molar-refractivity contribution >= 4 is 17.6 Å². The SMILES string of the molecule is NC1=Cc2ccccc2N2CNN=C2C1. The van der Waals surface area contributed by atoms with Gasteiger partial charge in [0, 0.05) is 12.1 Å². The number of amidine groups is 1. The zero-order chi connectivity index (χ0) is 10.3. The Morgan fingerprint density at radius 1 is 1.33 bits per heavy atom. The highest BCUT2D eigenvalue weighted by Crippen LogP contribution is 2.28. The van der Waals surface area contributed by atoms with E-state index in [1.54, 1.807) is 0 Å². The van der Waals surface area contributed by atoms with Crippen molar-refractivity contribution in [1.82, 2.24) is 5.43 Å². The summed E-state index contributed by atoms with van der Waals surface area (Å²) >= 11 is 0. The normalized spacial score (nSPS) is 18.3. The first-order valence-corrected chi connectivity index (χ1v) is 4.96. The molecule has 4 heteroatoms. The Balaban J connectivity index is 2.18. The smallest absolute Gasteiger partial charge is 0.136 e. The predicted molar refractivity (Wildman–Crippen MR) is 61.1 cm³/mol. The van der Waals surface area contributed by atoms with Crippen LogP contribution < -0.4 is 16.1 Å². The lowest BCUT2D eigenvalue weighted by Gasteiger charge is -2.18. The molecule has 76 valence electrons. The minimum absolute atomic E-state index is 0.710. The molecule has 3 rings (SSSR count). The van der Waals surface area contributed by atoms with Gasteiger partial charge in [0.2, 0.25) is 0 Å². The molecular weight excluding hydrogens is 188 g/mol. The molecule has 0 radical (unpaired) electrons. The fraction of sp³-hybridized carbons (Fsp3) is 0.182. The maximum Gasteiger partial charge on any atom is 0.136 e. The average Bonchev–Trinajstić information content (AvgIpc) is 2.62. The minimum atomic E-state index is 0.710. The molecule has 0 saturated heterocycles. The van der Waals surface area contributed by atoms with Crippen molar-refractivity contribution in [2.24, 2.45) is 10.8 Å². The van der Waals surface area contributed by atoms with E-state index in [4.69, 9.17) is 5.73 Å². The number of hydrazone groups is 1. The van der Waals surface area contributed by atoms with Crippen LogP contribution in [-0.4, -0.2) is 12.5 Å². The van der Waals surface area contributed by atoms with Crippen LogP contribution in [0.3, 0.4) is 0 Å². The van der Waals surface area contributed by atoms with Crippen molar-refractivity contribution in [2.75, 3.05) is 11.6 Å². The number of nitrogens with two attached hydrogens (primary N) is 1. The highest BCUT2D eigenvalue weighted by atomic mass is 15.5. The number of rotatable bonds is 0. The number of hydrogen-bond donors (Lipinski definition) is 2. The van der Waals surface area contributed by atoms with Crippen molar-refractivity contribution in [2.45, 2.75) is 6.42 Å². The van der Waals surface area contributed by atoms with E-state index >= 15 is 0 Å². The van der Waals surface area contributed by atoms with Gasteiger partial charge < -0.3 is 10.6 Å². The maximum atomic E-state index is 5.93. The lowest BCUT2D eigenvalue weighted by Crippen LogP contribution is -2.29. The number of anilines is 1. The van der Waals surface area contributed by atoms with E-state index in [1.165, 1.54) is 5.69 Å². The lowest BCUT2D eigenvalue weighted by molar-refractivity contribution is 0.807. The van der Waals surface area contributed by atoms with Crippen molar-refractivity contribution in [3.63, 3.8) is 0 Å². The summed E-state index contributed by atoms with van der Waals surface area (Å²) in [4.78, 5) is 2.16. The zero-order valence-electron chi connectivity index (χ0n) is 8.27. The molecule has 2 heterocycles. The monoisotopic (exact) mass is 200 g/mol. The number of nitrogens with one attached hydrogen (secondary N) is 1. The van der Waals surface area contributed by atoms with Gasteiger partial charge in [-0.15, -0.1) is 0 Å². The van der Waals surface area contributed by atoms with Gasteiger partial charge in [0.1, 0.15) is 12.5 Å². The van der Waals surface area contributed by atoms with Crippen LogP contribution in [0.4, 0.5) is 5.69 Å².